The SMILES string of the molecule is CCNC(=NCc1ccc(OC)c(NC(C)=O)c1)NCCc1cccs1.I. The van der Waals surface area contributed by atoms with Gasteiger partial charge in [-0.2, -0.15) is 0 Å². The van der Waals surface area contributed by atoms with Gasteiger partial charge in [0, 0.05) is 24.9 Å². The van der Waals surface area contributed by atoms with Crippen LogP contribution in [0.1, 0.15) is 24.3 Å². The highest BCUT2D eigenvalue weighted by Crippen LogP contribution is 2.25. The number of guanidine groups is 1. The van der Waals surface area contributed by atoms with Gasteiger partial charge in [0.25, 0.3) is 0 Å². The largest absolute Gasteiger partial charge is 0.495 e. The van der Waals surface area contributed by atoms with Gasteiger partial charge >= 0.3 is 0 Å². The van der Waals surface area contributed by atoms with E-state index in [1.54, 1.807) is 18.4 Å². The molecule has 0 aliphatic carbocycles. The maximum Gasteiger partial charge on any atom is 0.221 e. The lowest BCUT2D eigenvalue weighted by molar-refractivity contribution is -0.114. The fourth-order valence-corrected chi connectivity index (χ4v) is 3.12. The van der Waals surface area contributed by atoms with Gasteiger partial charge < -0.3 is 20.7 Å². The van der Waals surface area contributed by atoms with Crippen molar-refractivity contribution in [1.82, 2.24) is 10.6 Å². The quantitative estimate of drug-likeness (QED) is 0.293. The highest BCUT2D eigenvalue weighted by atomic mass is 127. The molecule has 2 aromatic rings. The van der Waals surface area contributed by atoms with Gasteiger partial charge in [-0.3, -0.25) is 4.79 Å². The van der Waals surface area contributed by atoms with Crippen LogP contribution in [0.3, 0.4) is 0 Å². The number of ether oxygens (including phenoxy) is 1. The lowest BCUT2D eigenvalue weighted by Crippen LogP contribution is -2.38. The van der Waals surface area contributed by atoms with Gasteiger partial charge in [-0.15, -0.1) is 35.3 Å². The number of nitrogens with zero attached hydrogens (tertiary/aromatic N) is 1. The number of nitrogens with one attached hydrogen (secondary N) is 3. The van der Waals surface area contributed by atoms with E-state index in [0.717, 1.165) is 31.0 Å². The van der Waals surface area contributed by atoms with Crippen LogP contribution >= 0.6 is 35.3 Å². The van der Waals surface area contributed by atoms with Gasteiger partial charge in [0.2, 0.25) is 5.91 Å². The molecule has 0 saturated carbocycles. The standard InChI is InChI=1S/C19H26N4O2S.HI/c1-4-20-19(21-10-9-16-6-5-11-26-16)22-13-15-7-8-18(25-3)17(12-15)23-14(2)24;/h5-8,11-12H,4,9-10,13H2,1-3H3,(H,23,24)(H2,20,21,22);1H. The first-order valence-electron chi connectivity index (χ1n) is 8.61. The molecule has 1 aromatic heterocycles. The Balaban J connectivity index is 0.00000364. The average molecular weight is 502 g/mol. The summed E-state index contributed by atoms with van der Waals surface area (Å²) in [6, 6.07) is 9.88. The number of carbonyl (C=O) groups excluding carboxylic acids is 1. The Bertz CT molecular complexity index is 735. The van der Waals surface area contributed by atoms with Crippen molar-refractivity contribution in [2.45, 2.75) is 26.8 Å². The van der Waals surface area contributed by atoms with Gasteiger partial charge in [0.15, 0.2) is 5.96 Å². The Hall–Kier alpha value is -1.81. The molecule has 1 amide bonds. The van der Waals surface area contributed by atoms with Crippen LogP contribution in [0.25, 0.3) is 0 Å². The van der Waals surface area contributed by atoms with Crippen LogP contribution in [-0.2, 0) is 17.8 Å². The molecule has 1 aromatic carbocycles. The lowest BCUT2D eigenvalue weighted by atomic mass is 10.2. The fourth-order valence-electron chi connectivity index (χ4n) is 2.41. The molecule has 8 heteroatoms. The van der Waals surface area contributed by atoms with Crippen molar-refractivity contribution in [3.63, 3.8) is 0 Å². The Morgan fingerprint density at radius 3 is 2.70 bits per heavy atom. The third-order valence-electron chi connectivity index (χ3n) is 3.58. The minimum Gasteiger partial charge on any atom is -0.495 e. The summed E-state index contributed by atoms with van der Waals surface area (Å²) in [7, 11) is 1.58. The first-order chi connectivity index (χ1) is 12.6. The Morgan fingerprint density at radius 1 is 1.26 bits per heavy atom. The van der Waals surface area contributed by atoms with E-state index < -0.39 is 0 Å². The zero-order chi connectivity index (χ0) is 18.8. The van der Waals surface area contributed by atoms with Gasteiger partial charge in [-0.05, 0) is 42.5 Å². The van der Waals surface area contributed by atoms with Crippen LogP contribution in [0.5, 0.6) is 5.75 Å². The van der Waals surface area contributed by atoms with E-state index >= 15 is 0 Å². The minimum absolute atomic E-state index is 0. The second-order valence-corrected chi connectivity index (χ2v) is 6.70. The summed E-state index contributed by atoms with van der Waals surface area (Å²) in [5.41, 5.74) is 1.65. The molecule has 3 N–H and O–H groups in total. The van der Waals surface area contributed by atoms with Crippen molar-refractivity contribution in [2.24, 2.45) is 4.99 Å². The number of rotatable bonds is 8. The zero-order valence-electron chi connectivity index (χ0n) is 15.9. The monoisotopic (exact) mass is 502 g/mol. The van der Waals surface area contributed by atoms with Crippen LogP contribution in [0.2, 0.25) is 0 Å². The smallest absolute Gasteiger partial charge is 0.221 e. The maximum absolute atomic E-state index is 11.3. The Kier molecular flexibility index (Phi) is 10.8. The first kappa shape index (κ1) is 23.2. The number of thiophene rings is 1. The number of halogens is 1. The van der Waals surface area contributed by atoms with E-state index in [2.05, 4.69) is 38.5 Å². The lowest BCUT2D eigenvalue weighted by Gasteiger charge is -2.12. The van der Waals surface area contributed by atoms with Gasteiger partial charge in [0.05, 0.1) is 19.3 Å². The summed E-state index contributed by atoms with van der Waals surface area (Å²) in [6.45, 7) is 5.64. The highest BCUT2D eigenvalue weighted by molar-refractivity contribution is 14.0. The summed E-state index contributed by atoms with van der Waals surface area (Å²) < 4.78 is 5.28. The predicted octanol–water partition coefficient (Wildman–Crippen LogP) is 3.63. The van der Waals surface area contributed by atoms with Crippen molar-refractivity contribution < 1.29 is 9.53 Å². The summed E-state index contributed by atoms with van der Waals surface area (Å²) in [4.78, 5) is 17.3. The number of hydrogen-bond acceptors (Lipinski definition) is 4. The predicted molar refractivity (Wildman–Crippen MR) is 124 cm³/mol. The molecule has 0 saturated heterocycles. The molecule has 0 unspecified atom stereocenters. The second kappa shape index (κ2) is 12.6. The Labute approximate surface area is 181 Å². The minimum atomic E-state index is -0.132. The van der Waals surface area contributed by atoms with Crippen LogP contribution in [-0.4, -0.2) is 32.1 Å². The Morgan fingerprint density at radius 2 is 2.07 bits per heavy atom. The van der Waals surface area contributed by atoms with Crippen molar-refractivity contribution >= 4 is 52.9 Å². The molecule has 0 spiro atoms. The number of methoxy groups -OCH3 is 1. The molecule has 0 aliphatic rings. The molecule has 148 valence electrons. The summed E-state index contributed by atoms with van der Waals surface area (Å²) in [5, 5.41) is 11.5. The number of amides is 1. The van der Waals surface area contributed by atoms with Crippen molar-refractivity contribution in [3.05, 3.63) is 46.2 Å². The van der Waals surface area contributed by atoms with E-state index in [0.29, 0.717) is 18.0 Å². The second-order valence-electron chi connectivity index (χ2n) is 5.67. The fraction of sp³-hybridized carbons (Fsp3) is 0.368. The van der Waals surface area contributed by atoms with E-state index in [4.69, 9.17) is 4.74 Å². The van der Waals surface area contributed by atoms with Crippen LogP contribution in [0.15, 0.2) is 40.7 Å². The van der Waals surface area contributed by atoms with E-state index in [-0.39, 0.29) is 29.9 Å². The zero-order valence-corrected chi connectivity index (χ0v) is 19.0. The van der Waals surface area contributed by atoms with Gasteiger partial charge in [-0.25, -0.2) is 4.99 Å². The number of hydrogen-bond donors (Lipinski definition) is 3. The molecule has 0 bridgehead atoms. The van der Waals surface area contributed by atoms with Crippen molar-refractivity contribution in [1.29, 1.82) is 0 Å². The van der Waals surface area contributed by atoms with Gasteiger partial charge in [0.1, 0.15) is 5.75 Å². The van der Waals surface area contributed by atoms with Crippen molar-refractivity contribution in [2.75, 3.05) is 25.5 Å². The summed E-state index contributed by atoms with van der Waals surface area (Å²) in [5.74, 6) is 1.28. The van der Waals surface area contributed by atoms with E-state index in [1.165, 1.54) is 11.8 Å². The number of anilines is 1. The third-order valence-corrected chi connectivity index (χ3v) is 4.52. The average Bonchev–Trinajstić information content (AvgIpc) is 3.13. The molecule has 0 fully saturated rings. The summed E-state index contributed by atoms with van der Waals surface area (Å²) >= 11 is 1.76. The topological polar surface area (TPSA) is 74.8 Å². The maximum atomic E-state index is 11.3. The molecule has 27 heavy (non-hydrogen) atoms. The van der Waals surface area contributed by atoms with E-state index in [9.17, 15) is 4.79 Å². The third kappa shape index (κ3) is 8.17. The molecular formula is C19H27IN4O2S. The number of benzene rings is 1. The molecule has 0 atom stereocenters. The first-order valence-corrected chi connectivity index (χ1v) is 9.49. The van der Waals surface area contributed by atoms with Crippen LogP contribution < -0.4 is 20.7 Å². The molecule has 2 rings (SSSR count). The molecular weight excluding hydrogens is 475 g/mol. The normalized spacial score (nSPS) is 10.7. The molecule has 1 heterocycles. The highest BCUT2D eigenvalue weighted by Gasteiger charge is 2.06. The van der Waals surface area contributed by atoms with Crippen molar-refractivity contribution in [3.8, 4) is 5.75 Å². The molecule has 6 nitrogen and oxygen atoms in total. The number of aliphatic imine (C=N–C) groups is 1. The van der Waals surface area contributed by atoms with E-state index in [1.807, 2.05) is 25.1 Å². The summed E-state index contributed by atoms with van der Waals surface area (Å²) in [6.07, 6.45) is 0.970. The van der Waals surface area contributed by atoms with Gasteiger partial charge in [-0.1, -0.05) is 12.1 Å². The molecule has 0 radical (unpaired) electrons. The number of carbonyl (C=O) groups is 1. The van der Waals surface area contributed by atoms with Crippen LogP contribution in [0, 0.1) is 0 Å². The molecule has 0 aliphatic heterocycles. The van der Waals surface area contributed by atoms with Crippen LogP contribution in [0.4, 0.5) is 5.69 Å².